The van der Waals surface area contributed by atoms with E-state index in [-0.39, 0.29) is 18.9 Å². The molecule has 0 saturated carbocycles. The number of hydrogen-bond acceptors (Lipinski definition) is 5. The van der Waals surface area contributed by atoms with E-state index in [1.54, 1.807) is 30.3 Å². The summed E-state index contributed by atoms with van der Waals surface area (Å²) in [7, 11) is 2.82. The van der Waals surface area contributed by atoms with Crippen LogP contribution in [0.2, 0.25) is 0 Å². The third-order valence-electron chi connectivity index (χ3n) is 3.36. The van der Waals surface area contributed by atoms with Gasteiger partial charge in [0.25, 0.3) is 5.91 Å². The van der Waals surface area contributed by atoms with Gasteiger partial charge < -0.3 is 19.5 Å². The molecule has 0 aliphatic heterocycles. The van der Waals surface area contributed by atoms with Gasteiger partial charge in [-0.15, -0.1) is 0 Å². The third-order valence-corrected chi connectivity index (χ3v) is 3.36. The van der Waals surface area contributed by atoms with Crippen LogP contribution in [-0.2, 0) is 16.1 Å². The molecule has 6 nitrogen and oxygen atoms in total. The van der Waals surface area contributed by atoms with Crippen molar-refractivity contribution in [3.05, 3.63) is 59.4 Å². The number of nitrogens with one attached hydrogen (secondary N) is 1. The van der Waals surface area contributed by atoms with Crippen LogP contribution in [0.3, 0.4) is 0 Å². The Morgan fingerprint density at radius 1 is 1.04 bits per heavy atom. The standard InChI is InChI=1S/C18H18FNO5/c1-23-15-6-4-3-5-13(15)18(22)20-10-17(21)25-11-12-7-8-16(24-2)14(19)9-12/h3-9H,10-11H2,1-2H3,(H,20,22). The molecule has 0 aromatic heterocycles. The lowest BCUT2D eigenvalue weighted by molar-refractivity contribution is -0.143. The molecule has 2 rings (SSSR count). The van der Waals surface area contributed by atoms with Gasteiger partial charge in [0, 0.05) is 0 Å². The van der Waals surface area contributed by atoms with Crippen LogP contribution in [0.5, 0.6) is 11.5 Å². The van der Waals surface area contributed by atoms with Crippen molar-refractivity contribution in [3.8, 4) is 11.5 Å². The number of rotatable bonds is 7. The van der Waals surface area contributed by atoms with Gasteiger partial charge in [0.2, 0.25) is 0 Å². The van der Waals surface area contributed by atoms with Gasteiger partial charge in [0.1, 0.15) is 18.9 Å². The molecule has 2 aromatic rings. The first-order chi connectivity index (χ1) is 12.0. The molecule has 1 amide bonds. The molecule has 0 aliphatic carbocycles. The number of para-hydroxylation sites is 1. The van der Waals surface area contributed by atoms with E-state index in [1.165, 1.54) is 26.4 Å². The molecular weight excluding hydrogens is 329 g/mol. The number of benzene rings is 2. The number of ether oxygens (including phenoxy) is 3. The van der Waals surface area contributed by atoms with Crippen LogP contribution >= 0.6 is 0 Å². The summed E-state index contributed by atoms with van der Waals surface area (Å²) in [6, 6.07) is 10.9. The Hall–Kier alpha value is -3.09. The normalized spacial score (nSPS) is 10.0. The van der Waals surface area contributed by atoms with Crippen LogP contribution in [0, 0.1) is 5.82 Å². The lowest BCUT2D eigenvalue weighted by atomic mass is 10.2. The second-order valence-corrected chi connectivity index (χ2v) is 5.01. The zero-order chi connectivity index (χ0) is 18.2. The van der Waals surface area contributed by atoms with Gasteiger partial charge in [0.15, 0.2) is 11.6 Å². The summed E-state index contributed by atoms with van der Waals surface area (Å²) >= 11 is 0. The second-order valence-electron chi connectivity index (χ2n) is 5.01. The van der Waals surface area contributed by atoms with Gasteiger partial charge in [-0.1, -0.05) is 18.2 Å². The summed E-state index contributed by atoms with van der Waals surface area (Å²) in [6.07, 6.45) is 0. The van der Waals surface area contributed by atoms with E-state index in [1.807, 2.05) is 0 Å². The van der Waals surface area contributed by atoms with E-state index in [0.717, 1.165) is 0 Å². The Kier molecular flexibility index (Phi) is 6.33. The number of methoxy groups -OCH3 is 2. The van der Waals surface area contributed by atoms with Gasteiger partial charge in [-0.05, 0) is 29.8 Å². The quantitative estimate of drug-likeness (QED) is 0.778. The first kappa shape index (κ1) is 18.3. The number of halogens is 1. The Bertz CT molecular complexity index is 763. The summed E-state index contributed by atoms with van der Waals surface area (Å²) in [4.78, 5) is 23.8. The predicted octanol–water partition coefficient (Wildman–Crippen LogP) is 2.32. The molecule has 0 saturated heterocycles. The molecule has 0 fully saturated rings. The van der Waals surface area contributed by atoms with Crippen molar-refractivity contribution in [3.63, 3.8) is 0 Å². The largest absolute Gasteiger partial charge is 0.496 e. The lowest BCUT2D eigenvalue weighted by Crippen LogP contribution is -2.30. The van der Waals surface area contributed by atoms with Crippen molar-refractivity contribution in [1.82, 2.24) is 5.32 Å². The summed E-state index contributed by atoms with van der Waals surface area (Å²) in [5.41, 5.74) is 0.790. The molecule has 0 unspecified atom stereocenters. The van der Waals surface area contributed by atoms with Crippen LogP contribution < -0.4 is 14.8 Å². The van der Waals surface area contributed by atoms with Crippen molar-refractivity contribution in [1.29, 1.82) is 0 Å². The number of esters is 1. The number of hydrogen-bond donors (Lipinski definition) is 1. The van der Waals surface area contributed by atoms with Crippen molar-refractivity contribution >= 4 is 11.9 Å². The van der Waals surface area contributed by atoms with Gasteiger partial charge >= 0.3 is 5.97 Å². The molecule has 1 N–H and O–H groups in total. The topological polar surface area (TPSA) is 73.9 Å². The van der Waals surface area contributed by atoms with Crippen LogP contribution in [0.1, 0.15) is 15.9 Å². The van der Waals surface area contributed by atoms with Crippen LogP contribution in [-0.4, -0.2) is 32.6 Å². The van der Waals surface area contributed by atoms with Gasteiger partial charge in [0.05, 0.1) is 19.8 Å². The van der Waals surface area contributed by atoms with E-state index in [0.29, 0.717) is 16.9 Å². The fraction of sp³-hybridized carbons (Fsp3) is 0.222. The Morgan fingerprint density at radius 3 is 2.44 bits per heavy atom. The van der Waals surface area contributed by atoms with E-state index in [9.17, 15) is 14.0 Å². The molecule has 2 aromatic carbocycles. The Labute approximate surface area is 144 Å². The number of carbonyl (C=O) groups excluding carboxylic acids is 2. The van der Waals surface area contributed by atoms with Crippen molar-refractivity contribution in [2.75, 3.05) is 20.8 Å². The Balaban J connectivity index is 1.84. The van der Waals surface area contributed by atoms with Crippen molar-refractivity contribution < 1.29 is 28.2 Å². The molecule has 0 atom stereocenters. The highest BCUT2D eigenvalue weighted by atomic mass is 19.1. The molecule has 132 valence electrons. The van der Waals surface area contributed by atoms with Crippen LogP contribution in [0.4, 0.5) is 4.39 Å². The molecule has 0 bridgehead atoms. The molecule has 0 heterocycles. The van der Waals surface area contributed by atoms with Crippen molar-refractivity contribution in [2.24, 2.45) is 0 Å². The van der Waals surface area contributed by atoms with Gasteiger partial charge in [-0.3, -0.25) is 9.59 Å². The van der Waals surface area contributed by atoms with E-state index < -0.39 is 17.7 Å². The smallest absolute Gasteiger partial charge is 0.325 e. The summed E-state index contributed by atoms with van der Waals surface area (Å²) < 4.78 is 28.5. The molecule has 0 spiro atoms. The molecule has 0 aliphatic rings. The highest BCUT2D eigenvalue weighted by Crippen LogP contribution is 2.18. The van der Waals surface area contributed by atoms with Crippen molar-refractivity contribution in [2.45, 2.75) is 6.61 Å². The fourth-order valence-corrected chi connectivity index (χ4v) is 2.09. The highest BCUT2D eigenvalue weighted by Gasteiger charge is 2.13. The summed E-state index contributed by atoms with van der Waals surface area (Å²) in [5.74, 6) is -1.12. The zero-order valence-electron chi connectivity index (χ0n) is 13.9. The van der Waals surface area contributed by atoms with E-state index in [2.05, 4.69) is 5.32 Å². The minimum Gasteiger partial charge on any atom is -0.496 e. The molecular formula is C18H18FNO5. The predicted molar refractivity (Wildman–Crippen MR) is 88.1 cm³/mol. The Morgan fingerprint density at radius 2 is 1.76 bits per heavy atom. The average molecular weight is 347 g/mol. The number of amides is 1. The maximum absolute atomic E-state index is 13.6. The highest BCUT2D eigenvalue weighted by molar-refractivity contribution is 5.98. The fourth-order valence-electron chi connectivity index (χ4n) is 2.09. The third kappa shape index (κ3) is 4.94. The SMILES string of the molecule is COc1ccc(COC(=O)CNC(=O)c2ccccc2OC)cc1F. The maximum atomic E-state index is 13.6. The van der Waals surface area contributed by atoms with E-state index >= 15 is 0 Å². The average Bonchev–Trinajstić information content (AvgIpc) is 2.64. The van der Waals surface area contributed by atoms with E-state index in [4.69, 9.17) is 14.2 Å². The number of carbonyl (C=O) groups is 2. The van der Waals surface area contributed by atoms with Gasteiger partial charge in [-0.25, -0.2) is 4.39 Å². The monoisotopic (exact) mass is 347 g/mol. The summed E-state index contributed by atoms with van der Waals surface area (Å²) in [5, 5.41) is 2.45. The molecule has 25 heavy (non-hydrogen) atoms. The molecule has 7 heteroatoms. The zero-order valence-corrected chi connectivity index (χ0v) is 13.9. The first-order valence-electron chi connectivity index (χ1n) is 7.44. The first-order valence-corrected chi connectivity index (χ1v) is 7.44. The minimum absolute atomic E-state index is 0.107. The minimum atomic E-state index is -0.639. The maximum Gasteiger partial charge on any atom is 0.325 e. The molecule has 0 radical (unpaired) electrons. The summed E-state index contributed by atoms with van der Waals surface area (Å²) in [6.45, 7) is -0.417. The van der Waals surface area contributed by atoms with Crippen LogP contribution in [0.15, 0.2) is 42.5 Å². The van der Waals surface area contributed by atoms with Gasteiger partial charge in [-0.2, -0.15) is 0 Å². The second kappa shape index (κ2) is 8.68. The lowest BCUT2D eigenvalue weighted by Gasteiger charge is -2.09. The van der Waals surface area contributed by atoms with Crippen LogP contribution in [0.25, 0.3) is 0 Å².